The zero-order valence-corrected chi connectivity index (χ0v) is 22.9. The van der Waals surface area contributed by atoms with Crippen molar-refractivity contribution in [1.29, 1.82) is 0 Å². The van der Waals surface area contributed by atoms with E-state index in [1.54, 1.807) is 40.8 Å². The minimum absolute atomic E-state index is 0.0339. The van der Waals surface area contributed by atoms with Gasteiger partial charge in [-0.2, -0.15) is 0 Å². The van der Waals surface area contributed by atoms with Crippen molar-refractivity contribution < 1.29 is 19.5 Å². The number of unbranched alkanes of at least 4 members (excludes halogenated alkanes) is 1. The van der Waals surface area contributed by atoms with Crippen LogP contribution in [0.25, 0.3) is 0 Å². The Labute approximate surface area is 215 Å². The van der Waals surface area contributed by atoms with Gasteiger partial charge in [-0.25, -0.2) is 0 Å². The minimum Gasteiger partial charge on any atom is -0.394 e. The Hall–Kier alpha value is -1.80. The van der Waals surface area contributed by atoms with E-state index in [2.05, 4.69) is 27.0 Å². The lowest BCUT2D eigenvalue weighted by atomic mass is 9.66. The second kappa shape index (κ2) is 10.7. The summed E-state index contributed by atoms with van der Waals surface area (Å²) in [7, 11) is 1.75. The van der Waals surface area contributed by atoms with E-state index in [-0.39, 0.29) is 30.2 Å². The van der Waals surface area contributed by atoms with Crippen molar-refractivity contribution in [3.05, 3.63) is 25.3 Å². The predicted octanol–water partition coefficient (Wildman–Crippen LogP) is 2.94. The first kappa shape index (κ1) is 27.8. The first-order valence-electron chi connectivity index (χ1n) is 12.9. The number of likely N-dealkylation sites (tertiary alicyclic amines) is 1. The molecule has 0 aromatic rings. The first-order chi connectivity index (χ1) is 16.5. The van der Waals surface area contributed by atoms with Gasteiger partial charge in [-0.3, -0.25) is 14.4 Å². The predicted molar refractivity (Wildman–Crippen MR) is 141 cm³/mol. The van der Waals surface area contributed by atoms with Crippen molar-refractivity contribution >= 4 is 29.5 Å². The molecule has 3 fully saturated rings. The topological polar surface area (TPSA) is 81.2 Å². The third-order valence-electron chi connectivity index (χ3n) is 8.25. The molecule has 3 saturated heterocycles. The molecule has 3 amide bonds. The average molecular weight is 506 g/mol. The summed E-state index contributed by atoms with van der Waals surface area (Å²) in [5.41, 5.74) is 0. The lowest BCUT2D eigenvalue weighted by Crippen LogP contribution is -2.58. The minimum atomic E-state index is -0.703. The lowest BCUT2D eigenvalue weighted by molar-refractivity contribution is -0.148. The molecule has 8 heteroatoms. The first-order valence-corrected chi connectivity index (χ1v) is 13.7. The SMILES string of the molecule is C=CCN(C)C(=O)[C@@H]1[C@H]2C(=O)N([C@@H](CO)C(C)C)C(C(=O)N(CC=C)CCCC)C23CC[C@@]1(C)S3. The van der Waals surface area contributed by atoms with Crippen LogP contribution < -0.4 is 0 Å². The number of carbonyl (C=O) groups is 3. The highest BCUT2D eigenvalue weighted by Crippen LogP contribution is 2.72. The smallest absolute Gasteiger partial charge is 0.247 e. The van der Waals surface area contributed by atoms with Gasteiger partial charge in [0.1, 0.15) is 6.04 Å². The summed E-state index contributed by atoms with van der Waals surface area (Å²) in [6.07, 6.45) is 6.71. The van der Waals surface area contributed by atoms with Gasteiger partial charge in [0.2, 0.25) is 17.7 Å². The number of carbonyl (C=O) groups excluding carboxylic acids is 3. The molecule has 3 aliphatic rings. The zero-order valence-electron chi connectivity index (χ0n) is 22.0. The molecule has 1 N–H and O–H groups in total. The Morgan fingerprint density at radius 2 is 1.89 bits per heavy atom. The van der Waals surface area contributed by atoms with Crippen LogP contribution in [0.15, 0.2) is 25.3 Å². The van der Waals surface area contributed by atoms with Gasteiger partial charge < -0.3 is 19.8 Å². The van der Waals surface area contributed by atoms with Crippen LogP contribution in [0.3, 0.4) is 0 Å². The van der Waals surface area contributed by atoms with Gasteiger partial charge in [0.15, 0.2) is 0 Å². The number of hydrogen-bond acceptors (Lipinski definition) is 5. The number of amides is 3. The quantitative estimate of drug-likeness (QED) is 0.413. The maximum atomic E-state index is 14.3. The van der Waals surface area contributed by atoms with Crippen molar-refractivity contribution in [1.82, 2.24) is 14.7 Å². The van der Waals surface area contributed by atoms with E-state index in [9.17, 15) is 19.5 Å². The van der Waals surface area contributed by atoms with Crippen molar-refractivity contribution in [2.75, 3.05) is 33.3 Å². The van der Waals surface area contributed by atoms with Gasteiger partial charge in [0, 0.05) is 31.4 Å². The summed E-state index contributed by atoms with van der Waals surface area (Å²) in [6, 6.07) is -1.19. The van der Waals surface area contributed by atoms with Crippen molar-refractivity contribution in [2.24, 2.45) is 17.8 Å². The molecule has 3 aliphatic heterocycles. The highest BCUT2D eigenvalue weighted by Gasteiger charge is 2.78. The van der Waals surface area contributed by atoms with E-state index < -0.39 is 33.4 Å². The van der Waals surface area contributed by atoms with E-state index in [1.165, 1.54) is 0 Å². The van der Waals surface area contributed by atoms with E-state index in [0.29, 0.717) is 26.1 Å². The van der Waals surface area contributed by atoms with Crippen molar-refractivity contribution in [2.45, 2.75) is 75.0 Å². The molecule has 0 radical (unpaired) electrons. The molecule has 0 aromatic carbocycles. The number of thioether (sulfide) groups is 1. The number of aliphatic hydroxyl groups excluding tert-OH is 1. The van der Waals surface area contributed by atoms with Crippen LogP contribution in [0.5, 0.6) is 0 Å². The number of fused-ring (bicyclic) bond motifs is 1. The highest BCUT2D eigenvalue weighted by atomic mass is 32.2. The summed E-state index contributed by atoms with van der Waals surface area (Å²) < 4.78 is -1.08. The number of rotatable bonds is 12. The molecule has 6 atom stereocenters. The fraction of sp³-hybridized carbons (Fsp3) is 0.741. The summed E-state index contributed by atoms with van der Waals surface area (Å²) in [6.45, 7) is 16.9. The maximum absolute atomic E-state index is 14.3. The average Bonchev–Trinajstić information content (AvgIpc) is 3.37. The third kappa shape index (κ3) is 4.45. The molecule has 1 spiro atoms. The summed E-state index contributed by atoms with van der Waals surface area (Å²) in [4.78, 5) is 47.3. The Bertz CT molecular complexity index is 863. The maximum Gasteiger partial charge on any atom is 0.247 e. The second-order valence-electron chi connectivity index (χ2n) is 10.9. The van der Waals surface area contributed by atoms with Crippen LogP contribution in [0.1, 0.15) is 53.4 Å². The number of nitrogens with zero attached hydrogens (tertiary/aromatic N) is 3. The van der Waals surface area contributed by atoms with Gasteiger partial charge in [0.25, 0.3) is 0 Å². The van der Waals surface area contributed by atoms with Crippen LogP contribution in [0.2, 0.25) is 0 Å². The van der Waals surface area contributed by atoms with Crippen LogP contribution in [-0.4, -0.2) is 92.4 Å². The van der Waals surface area contributed by atoms with Gasteiger partial charge >= 0.3 is 0 Å². The van der Waals surface area contributed by atoms with Crippen LogP contribution in [0.4, 0.5) is 0 Å². The van der Waals surface area contributed by atoms with Crippen LogP contribution >= 0.6 is 11.8 Å². The van der Waals surface area contributed by atoms with Gasteiger partial charge in [-0.15, -0.1) is 24.9 Å². The summed E-state index contributed by atoms with van der Waals surface area (Å²) in [5, 5.41) is 10.3. The van der Waals surface area contributed by atoms with E-state index in [1.807, 2.05) is 18.7 Å². The molecule has 3 heterocycles. The fourth-order valence-electron chi connectivity index (χ4n) is 6.49. The normalized spacial score (nSPS) is 32.0. The number of aliphatic hydroxyl groups is 1. The second-order valence-corrected chi connectivity index (χ2v) is 12.8. The third-order valence-corrected chi connectivity index (χ3v) is 10.2. The van der Waals surface area contributed by atoms with Crippen molar-refractivity contribution in [3.8, 4) is 0 Å². The molecule has 7 nitrogen and oxygen atoms in total. The van der Waals surface area contributed by atoms with E-state index in [4.69, 9.17) is 0 Å². The molecular formula is C27H43N3O4S. The molecule has 0 aromatic heterocycles. The van der Waals surface area contributed by atoms with E-state index in [0.717, 1.165) is 19.3 Å². The Morgan fingerprint density at radius 1 is 1.23 bits per heavy atom. The molecule has 35 heavy (non-hydrogen) atoms. The zero-order chi connectivity index (χ0) is 26.1. The summed E-state index contributed by atoms with van der Waals surface area (Å²) in [5.74, 6) is -1.43. The highest BCUT2D eigenvalue weighted by molar-refractivity contribution is 8.02. The largest absolute Gasteiger partial charge is 0.394 e. The van der Waals surface area contributed by atoms with Crippen LogP contribution in [0, 0.1) is 17.8 Å². The molecule has 2 bridgehead atoms. The Morgan fingerprint density at radius 3 is 2.43 bits per heavy atom. The standard InChI is InChI=1S/C27H43N3O4S/c1-8-11-16-29(15-10-3)25(34)22-27-13-12-26(6,35-27)20(23(32)28(7)14-9-2)21(27)24(33)30(22)19(17-31)18(4)5/h9-10,18-22,31H,2-3,8,11-17H2,1,4-7H3/t19-,20-,21-,22?,26+,27?/m0/s1. The van der Waals surface area contributed by atoms with Crippen molar-refractivity contribution in [3.63, 3.8) is 0 Å². The Balaban J connectivity index is 2.13. The molecule has 0 aliphatic carbocycles. The lowest BCUT2D eigenvalue weighted by Gasteiger charge is -2.40. The fourth-order valence-corrected chi connectivity index (χ4v) is 8.82. The Kier molecular flexibility index (Phi) is 8.47. The monoisotopic (exact) mass is 505 g/mol. The van der Waals surface area contributed by atoms with Gasteiger partial charge in [-0.1, -0.05) is 39.3 Å². The molecule has 2 unspecified atom stereocenters. The van der Waals surface area contributed by atoms with Gasteiger partial charge in [-0.05, 0) is 32.1 Å². The molecular weight excluding hydrogens is 462 g/mol. The molecule has 0 saturated carbocycles. The molecule has 196 valence electrons. The number of likely N-dealkylation sites (N-methyl/N-ethyl adjacent to an activating group) is 1. The molecule has 3 rings (SSSR count). The van der Waals surface area contributed by atoms with Gasteiger partial charge in [0.05, 0.1) is 29.2 Å². The van der Waals surface area contributed by atoms with E-state index >= 15 is 0 Å². The number of hydrogen-bond donors (Lipinski definition) is 1. The van der Waals surface area contributed by atoms with Crippen LogP contribution in [-0.2, 0) is 14.4 Å². The summed E-state index contributed by atoms with van der Waals surface area (Å²) >= 11 is 1.68.